The molecule has 4 rings (SSSR count). The Morgan fingerprint density at radius 3 is 2.82 bits per heavy atom. The Morgan fingerprint density at radius 1 is 1.25 bits per heavy atom. The van der Waals surface area contributed by atoms with Gasteiger partial charge in [0.2, 0.25) is 0 Å². The second kappa shape index (κ2) is 7.39. The predicted octanol–water partition coefficient (Wildman–Crippen LogP) is 1.13. The number of nitrogens with zero attached hydrogens (tertiary/aromatic N) is 1. The molecule has 0 amide bonds. The fraction of sp³-hybridized carbons (Fsp3) is 0.333. The van der Waals surface area contributed by atoms with Crippen LogP contribution >= 0.6 is 0 Å². The van der Waals surface area contributed by atoms with Gasteiger partial charge in [0.1, 0.15) is 13.2 Å². The summed E-state index contributed by atoms with van der Waals surface area (Å²) < 4.78 is 37.6. The van der Waals surface area contributed by atoms with Crippen LogP contribution in [0, 0.1) is 0 Å². The van der Waals surface area contributed by atoms with E-state index < -0.39 is 9.84 Å². The fourth-order valence-electron chi connectivity index (χ4n) is 3.83. The molecule has 2 aliphatic rings. The number of fused-ring (bicyclic) bond motifs is 2. The third-order valence-electron chi connectivity index (χ3n) is 5.16. The highest BCUT2D eigenvalue weighted by atomic mass is 32.2. The van der Waals surface area contributed by atoms with Crippen LogP contribution in [0.2, 0.25) is 0 Å². The average Bonchev–Trinajstić information content (AvgIpc) is 2.92. The van der Waals surface area contributed by atoms with Crippen molar-refractivity contribution >= 4 is 27.7 Å². The van der Waals surface area contributed by atoms with E-state index in [9.17, 15) is 8.42 Å². The third kappa shape index (κ3) is 3.54. The highest BCUT2D eigenvalue weighted by Crippen LogP contribution is 2.32. The minimum absolute atomic E-state index is 0.0943. The van der Waals surface area contributed by atoms with Crippen LogP contribution in [-0.4, -0.2) is 38.5 Å². The van der Waals surface area contributed by atoms with Crippen LogP contribution in [0.25, 0.3) is 12.2 Å². The van der Waals surface area contributed by atoms with Crippen molar-refractivity contribution in [1.82, 2.24) is 4.57 Å². The molecule has 0 atom stereocenters. The van der Waals surface area contributed by atoms with Gasteiger partial charge in [0.05, 0.1) is 11.5 Å². The van der Waals surface area contributed by atoms with E-state index in [1.165, 1.54) is 0 Å². The summed E-state index contributed by atoms with van der Waals surface area (Å²) in [5.41, 5.74) is 2.92. The summed E-state index contributed by atoms with van der Waals surface area (Å²) in [4.78, 5) is 0. The average molecular weight is 401 g/mol. The van der Waals surface area contributed by atoms with Gasteiger partial charge in [-0.1, -0.05) is 18.7 Å². The Hall–Kier alpha value is -2.67. The summed E-state index contributed by atoms with van der Waals surface area (Å²) in [6.07, 6.45) is 6.27. The van der Waals surface area contributed by atoms with Gasteiger partial charge in [-0.2, -0.15) is 0 Å². The van der Waals surface area contributed by atoms with Crippen molar-refractivity contribution < 1.29 is 17.9 Å². The number of benzene rings is 1. The van der Waals surface area contributed by atoms with Crippen molar-refractivity contribution in [2.24, 2.45) is 7.05 Å². The monoisotopic (exact) mass is 400 g/mol. The number of ether oxygens (including phenoxy) is 2. The SMILES string of the molecule is C=C/C=c1\c(=C/CNc2ccc3c(c2)OCCO3)c2c(n1C)CCS(=O)(=O)C2. The quantitative estimate of drug-likeness (QED) is 0.833. The molecule has 0 saturated carbocycles. The molecule has 1 aromatic carbocycles. The zero-order valence-electron chi connectivity index (χ0n) is 15.9. The molecule has 1 N–H and O–H groups in total. The lowest BCUT2D eigenvalue weighted by molar-refractivity contribution is 0.171. The molecule has 0 radical (unpaired) electrons. The number of hydrogen-bond acceptors (Lipinski definition) is 5. The van der Waals surface area contributed by atoms with E-state index in [-0.39, 0.29) is 11.5 Å². The van der Waals surface area contributed by atoms with Crippen LogP contribution in [0.3, 0.4) is 0 Å². The maximum Gasteiger partial charge on any atom is 0.163 e. The Morgan fingerprint density at radius 2 is 2.04 bits per heavy atom. The lowest BCUT2D eigenvalue weighted by atomic mass is 10.1. The Labute approximate surface area is 164 Å². The summed E-state index contributed by atoms with van der Waals surface area (Å²) in [6.45, 7) is 5.48. The third-order valence-corrected chi connectivity index (χ3v) is 6.71. The standard InChI is InChI=1S/C21H24N2O4S/c1-3-4-18-16(17-14-28(24,25)12-8-19(17)23(18)2)7-9-22-15-5-6-20-21(13-15)27-11-10-26-20/h3-7,13,22H,1,8-12,14H2,2H3/b16-7-,18-4+. The first-order valence-electron chi connectivity index (χ1n) is 9.32. The number of rotatable bonds is 4. The number of anilines is 1. The molecule has 2 aromatic rings. The summed E-state index contributed by atoms with van der Waals surface area (Å²) >= 11 is 0. The van der Waals surface area contributed by atoms with Gasteiger partial charge < -0.3 is 19.4 Å². The van der Waals surface area contributed by atoms with Crippen LogP contribution in [0.4, 0.5) is 5.69 Å². The molecule has 28 heavy (non-hydrogen) atoms. The second-order valence-electron chi connectivity index (χ2n) is 6.97. The molecule has 0 saturated heterocycles. The number of nitrogens with one attached hydrogen (secondary N) is 1. The number of allylic oxidation sites excluding steroid dienone is 1. The van der Waals surface area contributed by atoms with E-state index in [2.05, 4.69) is 16.5 Å². The van der Waals surface area contributed by atoms with E-state index in [0.717, 1.165) is 39.0 Å². The topological polar surface area (TPSA) is 69.6 Å². The van der Waals surface area contributed by atoms with Crippen LogP contribution < -0.4 is 25.4 Å². The summed E-state index contributed by atoms with van der Waals surface area (Å²) in [5.74, 6) is 1.79. The van der Waals surface area contributed by atoms with Crippen molar-refractivity contribution in [3.63, 3.8) is 0 Å². The van der Waals surface area contributed by atoms with Crippen LogP contribution in [-0.2, 0) is 29.1 Å². The largest absolute Gasteiger partial charge is 0.486 e. The molecule has 0 spiro atoms. The van der Waals surface area contributed by atoms with Crippen molar-refractivity contribution in [3.05, 3.63) is 52.7 Å². The highest BCUT2D eigenvalue weighted by Gasteiger charge is 2.25. The second-order valence-corrected chi connectivity index (χ2v) is 9.16. The molecule has 2 aliphatic heterocycles. The molecular weight excluding hydrogens is 376 g/mol. The molecule has 7 heteroatoms. The van der Waals surface area contributed by atoms with Gasteiger partial charge in [-0.25, -0.2) is 8.42 Å². The van der Waals surface area contributed by atoms with E-state index in [1.54, 1.807) is 6.08 Å². The zero-order valence-corrected chi connectivity index (χ0v) is 16.7. The van der Waals surface area contributed by atoms with Crippen molar-refractivity contribution in [2.75, 3.05) is 30.8 Å². The predicted molar refractivity (Wildman–Crippen MR) is 111 cm³/mol. The lowest BCUT2D eigenvalue weighted by Crippen LogP contribution is -2.30. The number of aromatic nitrogens is 1. The first kappa shape index (κ1) is 18.7. The molecule has 0 fully saturated rings. The first-order valence-corrected chi connectivity index (χ1v) is 11.1. The molecular formula is C21H24N2O4S. The van der Waals surface area contributed by atoms with E-state index in [4.69, 9.17) is 9.47 Å². The molecule has 0 aliphatic carbocycles. The Bertz CT molecular complexity index is 1150. The highest BCUT2D eigenvalue weighted by molar-refractivity contribution is 7.90. The van der Waals surface area contributed by atoms with Crippen LogP contribution in [0.5, 0.6) is 11.5 Å². The Kier molecular flexibility index (Phi) is 4.93. The van der Waals surface area contributed by atoms with Crippen molar-refractivity contribution in [1.29, 1.82) is 0 Å². The fourth-order valence-corrected chi connectivity index (χ4v) is 5.24. The van der Waals surface area contributed by atoms with Crippen LogP contribution in [0.15, 0.2) is 30.9 Å². The van der Waals surface area contributed by atoms with Gasteiger partial charge in [0, 0.05) is 48.0 Å². The van der Waals surface area contributed by atoms with Gasteiger partial charge in [-0.15, -0.1) is 0 Å². The molecule has 0 bridgehead atoms. The van der Waals surface area contributed by atoms with Gasteiger partial charge in [0.15, 0.2) is 21.3 Å². The molecule has 0 unspecified atom stereocenters. The summed E-state index contributed by atoms with van der Waals surface area (Å²) in [6, 6.07) is 5.76. The number of hydrogen-bond donors (Lipinski definition) is 1. The molecule has 3 heterocycles. The smallest absolute Gasteiger partial charge is 0.163 e. The summed E-state index contributed by atoms with van der Waals surface area (Å²) in [5, 5.41) is 5.31. The van der Waals surface area contributed by atoms with Gasteiger partial charge >= 0.3 is 0 Å². The summed E-state index contributed by atoms with van der Waals surface area (Å²) in [7, 11) is -1.06. The van der Waals surface area contributed by atoms with E-state index >= 15 is 0 Å². The first-order chi connectivity index (χ1) is 13.5. The van der Waals surface area contributed by atoms with Gasteiger partial charge in [0.25, 0.3) is 0 Å². The van der Waals surface area contributed by atoms with E-state index in [1.807, 2.05) is 37.4 Å². The van der Waals surface area contributed by atoms with E-state index in [0.29, 0.717) is 26.2 Å². The van der Waals surface area contributed by atoms with Crippen molar-refractivity contribution in [3.8, 4) is 11.5 Å². The van der Waals surface area contributed by atoms with Gasteiger partial charge in [-0.3, -0.25) is 0 Å². The maximum atomic E-state index is 12.2. The molecule has 1 aromatic heterocycles. The zero-order chi connectivity index (χ0) is 19.7. The van der Waals surface area contributed by atoms with Crippen molar-refractivity contribution in [2.45, 2.75) is 12.2 Å². The Balaban J connectivity index is 1.66. The normalized spacial score (nSPS) is 18.6. The minimum atomic E-state index is -3.05. The molecule has 148 valence electrons. The lowest BCUT2D eigenvalue weighted by Gasteiger charge is -2.19. The van der Waals surface area contributed by atoms with Gasteiger partial charge in [-0.05, 0) is 23.8 Å². The maximum absolute atomic E-state index is 12.2. The van der Waals surface area contributed by atoms with Crippen LogP contribution in [0.1, 0.15) is 11.3 Å². The number of sulfone groups is 1. The minimum Gasteiger partial charge on any atom is -0.486 e. The molecule has 6 nitrogen and oxygen atoms in total.